The lowest BCUT2D eigenvalue weighted by Gasteiger charge is -2.22. The van der Waals surface area contributed by atoms with Crippen LogP contribution in [0.1, 0.15) is 12.8 Å². The van der Waals surface area contributed by atoms with E-state index in [1.54, 1.807) is 12.4 Å². The Bertz CT molecular complexity index is 244. The van der Waals surface area contributed by atoms with E-state index in [0.717, 1.165) is 31.7 Å². The number of hydrogen-bond acceptors (Lipinski definition) is 2. The first-order valence-electron chi connectivity index (χ1n) is 4.65. The number of piperidine rings is 1. The van der Waals surface area contributed by atoms with Crippen LogP contribution in [0, 0.1) is 0 Å². The molecule has 0 aromatic carbocycles. The van der Waals surface area contributed by atoms with Crippen LogP contribution in [0.4, 0.5) is 0 Å². The lowest BCUT2D eigenvalue weighted by Crippen LogP contribution is -2.30. The van der Waals surface area contributed by atoms with Gasteiger partial charge in [0.1, 0.15) is 11.9 Å². The molecular formula is C10H13N2O. The average molecular weight is 177 g/mol. The topological polar surface area (TPSA) is 36.2 Å². The van der Waals surface area contributed by atoms with Gasteiger partial charge in [-0.2, -0.15) is 0 Å². The van der Waals surface area contributed by atoms with Gasteiger partial charge in [-0.15, -0.1) is 0 Å². The predicted molar refractivity (Wildman–Crippen MR) is 49.8 cm³/mol. The van der Waals surface area contributed by atoms with E-state index < -0.39 is 0 Å². The van der Waals surface area contributed by atoms with Crippen molar-refractivity contribution in [1.29, 1.82) is 0 Å². The molecule has 1 radical (unpaired) electrons. The summed E-state index contributed by atoms with van der Waals surface area (Å²) in [6.07, 6.45) is 5.94. The van der Waals surface area contributed by atoms with Crippen LogP contribution in [0.3, 0.4) is 0 Å². The molecule has 3 heteroatoms. The third kappa shape index (κ3) is 2.42. The monoisotopic (exact) mass is 177 g/mol. The molecule has 0 spiro atoms. The van der Waals surface area contributed by atoms with E-state index in [2.05, 4.69) is 10.3 Å². The average Bonchev–Trinajstić information content (AvgIpc) is 2.21. The van der Waals surface area contributed by atoms with Crippen molar-refractivity contribution < 1.29 is 4.74 Å². The quantitative estimate of drug-likeness (QED) is 0.681. The fraction of sp³-hybridized carbons (Fsp3) is 0.500. The van der Waals surface area contributed by atoms with Crippen LogP contribution in [-0.2, 0) is 0 Å². The molecule has 2 heterocycles. The van der Waals surface area contributed by atoms with E-state index in [9.17, 15) is 0 Å². The van der Waals surface area contributed by atoms with Gasteiger partial charge >= 0.3 is 0 Å². The molecule has 13 heavy (non-hydrogen) atoms. The standard InChI is InChI=1S/C10H13N2O/c1-5-11-6-2-9(1)13-10-3-7-12-8-4-10/h1-2,5-6,10H,3-4,7-8H2. The highest BCUT2D eigenvalue weighted by Crippen LogP contribution is 2.14. The largest absolute Gasteiger partial charge is 0.490 e. The molecule has 0 unspecified atom stereocenters. The van der Waals surface area contributed by atoms with Crippen molar-refractivity contribution in [1.82, 2.24) is 10.3 Å². The first kappa shape index (κ1) is 8.51. The fourth-order valence-electron chi connectivity index (χ4n) is 1.45. The minimum atomic E-state index is 0.347. The molecule has 1 aliphatic heterocycles. The highest BCUT2D eigenvalue weighted by Gasteiger charge is 2.14. The van der Waals surface area contributed by atoms with Crippen molar-refractivity contribution >= 4 is 0 Å². The van der Waals surface area contributed by atoms with Gasteiger partial charge in [0.25, 0.3) is 0 Å². The molecule has 3 nitrogen and oxygen atoms in total. The van der Waals surface area contributed by atoms with Crippen LogP contribution in [-0.4, -0.2) is 24.2 Å². The summed E-state index contributed by atoms with van der Waals surface area (Å²) in [5.74, 6) is 0.918. The molecule has 0 bridgehead atoms. The lowest BCUT2D eigenvalue weighted by molar-refractivity contribution is 0.161. The molecule has 1 saturated heterocycles. The van der Waals surface area contributed by atoms with Crippen LogP contribution >= 0.6 is 0 Å². The fourth-order valence-corrected chi connectivity index (χ4v) is 1.45. The number of nitrogens with zero attached hydrogens (tertiary/aromatic N) is 2. The molecule has 0 saturated carbocycles. The molecule has 0 atom stereocenters. The minimum absolute atomic E-state index is 0.347. The van der Waals surface area contributed by atoms with Gasteiger partial charge in [0.2, 0.25) is 0 Å². The molecular weight excluding hydrogens is 164 g/mol. The highest BCUT2D eigenvalue weighted by molar-refractivity contribution is 5.17. The number of hydrogen-bond donors (Lipinski definition) is 0. The summed E-state index contributed by atoms with van der Waals surface area (Å²) in [5, 5.41) is 4.28. The molecule has 0 amide bonds. The van der Waals surface area contributed by atoms with Crippen LogP contribution in [0.2, 0.25) is 0 Å². The Hall–Kier alpha value is -1.09. The molecule has 1 fully saturated rings. The molecule has 1 aromatic heterocycles. The molecule has 69 valence electrons. The van der Waals surface area contributed by atoms with Gasteiger partial charge in [-0.1, -0.05) is 0 Å². The highest BCUT2D eigenvalue weighted by atomic mass is 16.5. The van der Waals surface area contributed by atoms with Crippen molar-refractivity contribution in [3.05, 3.63) is 24.5 Å². The maximum absolute atomic E-state index is 5.76. The van der Waals surface area contributed by atoms with Gasteiger partial charge in [-0.05, 0) is 25.0 Å². The Kier molecular flexibility index (Phi) is 2.77. The minimum Gasteiger partial charge on any atom is -0.490 e. The smallest absolute Gasteiger partial charge is 0.122 e. The van der Waals surface area contributed by atoms with Gasteiger partial charge < -0.3 is 4.74 Å². The van der Waals surface area contributed by atoms with E-state index in [1.165, 1.54) is 0 Å². The van der Waals surface area contributed by atoms with Crippen molar-refractivity contribution in [2.75, 3.05) is 13.1 Å². The Morgan fingerprint density at radius 1 is 1.15 bits per heavy atom. The summed E-state index contributed by atoms with van der Waals surface area (Å²) in [7, 11) is 0. The van der Waals surface area contributed by atoms with Crippen LogP contribution < -0.4 is 10.1 Å². The summed E-state index contributed by atoms with van der Waals surface area (Å²) in [6, 6.07) is 3.79. The second-order valence-electron chi connectivity index (χ2n) is 3.17. The van der Waals surface area contributed by atoms with E-state index in [1.807, 2.05) is 12.1 Å². The SMILES string of the molecule is c1cc(OC2CC[N]CC2)ccn1. The van der Waals surface area contributed by atoms with Gasteiger partial charge in [0, 0.05) is 25.5 Å². The summed E-state index contributed by atoms with van der Waals surface area (Å²) in [5.41, 5.74) is 0. The zero-order valence-corrected chi connectivity index (χ0v) is 7.52. The van der Waals surface area contributed by atoms with Crippen molar-refractivity contribution in [2.24, 2.45) is 0 Å². The first-order chi connectivity index (χ1) is 6.45. The summed E-state index contributed by atoms with van der Waals surface area (Å²) in [6.45, 7) is 1.88. The van der Waals surface area contributed by atoms with Gasteiger partial charge in [-0.3, -0.25) is 4.98 Å². The molecule has 2 rings (SSSR count). The normalized spacial score (nSPS) is 18.5. The first-order valence-corrected chi connectivity index (χ1v) is 4.65. The van der Waals surface area contributed by atoms with Gasteiger partial charge in [0.05, 0.1) is 0 Å². The van der Waals surface area contributed by atoms with Crippen LogP contribution in [0.15, 0.2) is 24.5 Å². The Morgan fingerprint density at radius 3 is 2.54 bits per heavy atom. The zero-order valence-electron chi connectivity index (χ0n) is 7.52. The lowest BCUT2D eigenvalue weighted by atomic mass is 10.1. The maximum atomic E-state index is 5.76. The third-order valence-electron chi connectivity index (χ3n) is 2.17. The van der Waals surface area contributed by atoms with Gasteiger partial charge in [0.15, 0.2) is 0 Å². The van der Waals surface area contributed by atoms with E-state index >= 15 is 0 Å². The second-order valence-corrected chi connectivity index (χ2v) is 3.17. The molecule has 0 N–H and O–H groups in total. The molecule has 1 aromatic rings. The van der Waals surface area contributed by atoms with E-state index in [4.69, 9.17) is 4.74 Å². The van der Waals surface area contributed by atoms with Crippen molar-refractivity contribution in [3.8, 4) is 5.75 Å². The van der Waals surface area contributed by atoms with E-state index in [-0.39, 0.29) is 0 Å². The number of aromatic nitrogens is 1. The van der Waals surface area contributed by atoms with Crippen LogP contribution in [0.25, 0.3) is 0 Å². The number of ether oxygens (including phenoxy) is 1. The van der Waals surface area contributed by atoms with E-state index in [0.29, 0.717) is 6.10 Å². The summed E-state index contributed by atoms with van der Waals surface area (Å²) < 4.78 is 5.76. The van der Waals surface area contributed by atoms with Crippen molar-refractivity contribution in [3.63, 3.8) is 0 Å². The van der Waals surface area contributed by atoms with Crippen LogP contribution in [0.5, 0.6) is 5.75 Å². The Morgan fingerprint density at radius 2 is 1.85 bits per heavy atom. The Labute approximate surface area is 78.1 Å². The third-order valence-corrected chi connectivity index (χ3v) is 2.17. The number of pyridine rings is 1. The maximum Gasteiger partial charge on any atom is 0.122 e. The van der Waals surface area contributed by atoms with Gasteiger partial charge in [-0.25, -0.2) is 5.32 Å². The number of rotatable bonds is 2. The molecule has 1 aliphatic rings. The zero-order chi connectivity index (χ0) is 8.93. The molecule has 0 aliphatic carbocycles. The summed E-state index contributed by atoms with van der Waals surface area (Å²) in [4.78, 5) is 3.94. The Balaban J connectivity index is 1.90. The van der Waals surface area contributed by atoms with Crippen molar-refractivity contribution in [2.45, 2.75) is 18.9 Å². The second kappa shape index (κ2) is 4.23. The summed E-state index contributed by atoms with van der Waals surface area (Å²) >= 11 is 0. The predicted octanol–water partition coefficient (Wildman–Crippen LogP) is 1.23.